The van der Waals surface area contributed by atoms with E-state index in [2.05, 4.69) is 10.3 Å². The second-order valence-electron chi connectivity index (χ2n) is 4.92. The predicted octanol–water partition coefficient (Wildman–Crippen LogP) is 1.87. The lowest BCUT2D eigenvalue weighted by Gasteiger charge is -2.15. The fraction of sp³-hybridized carbons (Fsp3) is 0.267. The van der Waals surface area contributed by atoms with Gasteiger partial charge >= 0.3 is 0 Å². The number of nitrogens with zero attached hydrogens (tertiary/aromatic N) is 2. The Morgan fingerprint density at radius 3 is 2.76 bits per heavy atom. The van der Waals surface area contributed by atoms with E-state index in [0.29, 0.717) is 12.2 Å². The quantitative estimate of drug-likeness (QED) is 0.876. The molecule has 1 aliphatic heterocycles. The predicted molar refractivity (Wildman–Crippen MR) is 81.0 cm³/mol. The molecule has 1 fully saturated rings. The topological polar surface area (TPSA) is 62.3 Å². The maximum Gasteiger partial charge on any atom is 0.251 e. The first-order valence-corrected chi connectivity index (χ1v) is 7.59. The molecule has 0 aliphatic carbocycles. The van der Waals surface area contributed by atoms with Gasteiger partial charge in [-0.3, -0.25) is 14.9 Å². The first-order valence-electron chi connectivity index (χ1n) is 6.71. The Kier molecular flexibility index (Phi) is 3.81. The number of imide groups is 1. The molecule has 2 heterocycles. The zero-order chi connectivity index (χ0) is 14.8. The summed E-state index contributed by atoms with van der Waals surface area (Å²) in [5.41, 5.74) is 1.60. The number of para-hydroxylation sites is 1. The van der Waals surface area contributed by atoms with Crippen LogP contribution in [0.5, 0.6) is 0 Å². The molecule has 21 heavy (non-hydrogen) atoms. The fourth-order valence-electron chi connectivity index (χ4n) is 2.33. The minimum atomic E-state index is -0.470. The highest BCUT2D eigenvalue weighted by atomic mass is 32.1. The third kappa shape index (κ3) is 2.86. The molecule has 1 unspecified atom stereocenters. The number of rotatable bonds is 4. The van der Waals surface area contributed by atoms with Crippen LogP contribution in [0.2, 0.25) is 0 Å². The van der Waals surface area contributed by atoms with Crippen LogP contribution < -0.4 is 10.2 Å². The van der Waals surface area contributed by atoms with Crippen molar-refractivity contribution in [1.29, 1.82) is 0 Å². The van der Waals surface area contributed by atoms with Crippen molar-refractivity contribution in [1.82, 2.24) is 10.3 Å². The maximum absolute atomic E-state index is 12.4. The molecule has 1 saturated heterocycles. The molecule has 1 aromatic heterocycles. The number of carbonyl (C=O) groups excluding carboxylic acids is 2. The third-order valence-corrected chi connectivity index (χ3v) is 4.29. The Balaban J connectivity index is 1.69. The van der Waals surface area contributed by atoms with Crippen molar-refractivity contribution in [3.63, 3.8) is 0 Å². The van der Waals surface area contributed by atoms with Gasteiger partial charge in [0.25, 0.3) is 5.91 Å². The molecule has 0 spiro atoms. The van der Waals surface area contributed by atoms with E-state index in [1.807, 2.05) is 30.5 Å². The zero-order valence-electron chi connectivity index (χ0n) is 11.6. The van der Waals surface area contributed by atoms with Crippen molar-refractivity contribution >= 4 is 28.8 Å². The Morgan fingerprint density at radius 2 is 2.10 bits per heavy atom. The molecule has 108 valence electrons. The van der Waals surface area contributed by atoms with Crippen LogP contribution in [0.3, 0.4) is 0 Å². The summed E-state index contributed by atoms with van der Waals surface area (Å²) in [4.78, 5) is 30.0. The second-order valence-corrected chi connectivity index (χ2v) is 5.87. The highest BCUT2D eigenvalue weighted by Crippen LogP contribution is 2.22. The lowest BCUT2D eigenvalue weighted by atomic mass is 10.2. The lowest BCUT2D eigenvalue weighted by Crippen LogP contribution is -2.38. The number of carbonyl (C=O) groups is 2. The van der Waals surface area contributed by atoms with Gasteiger partial charge in [-0.25, -0.2) is 9.88 Å². The summed E-state index contributed by atoms with van der Waals surface area (Å²) in [5, 5.41) is 6.02. The van der Waals surface area contributed by atoms with Gasteiger partial charge in [-0.2, -0.15) is 0 Å². The molecule has 0 radical (unpaired) electrons. The van der Waals surface area contributed by atoms with Crippen LogP contribution in [0.4, 0.5) is 5.69 Å². The molecule has 2 amide bonds. The van der Waals surface area contributed by atoms with Crippen molar-refractivity contribution in [2.45, 2.75) is 25.9 Å². The number of hydrogen-bond acceptors (Lipinski definition) is 5. The molecule has 1 atom stereocenters. The van der Waals surface area contributed by atoms with Crippen molar-refractivity contribution in [3.05, 3.63) is 46.4 Å². The molecule has 5 nitrogen and oxygen atoms in total. The van der Waals surface area contributed by atoms with Gasteiger partial charge in [0.15, 0.2) is 0 Å². The summed E-state index contributed by atoms with van der Waals surface area (Å²) < 4.78 is 0. The van der Waals surface area contributed by atoms with Crippen LogP contribution >= 0.6 is 11.3 Å². The normalized spacial score (nSPS) is 18.5. The summed E-state index contributed by atoms with van der Waals surface area (Å²) in [6.07, 6.45) is 0.193. The first-order chi connectivity index (χ1) is 10.1. The Hall–Kier alpha value is -2.05. The molecule has 1 aliphatic rings. The molecule has 0 saturated carbocycles. The van der Waals surface area contributed by atoms with Gasteiger partial charge < -0.3 is 0 Å². The molecule has 0 bridgehead atoms. The number of nitrogens with one attached hydrogen (secondary N) is 1. The molecule has 2 aromatic rings. The third-order valence-electron chi connectivity index (χ3n) is 3.33. The van der Waals surface area contributed by atoms with Crippen molar-refractivity contribution < 1.29 is 9.59 Å². The number of amides is 2. The summed E-state index contributed by atoms with van der Waals surface area (Å²) >= 11 is 1.55. The van der Waals surface area contributed by atoms with Gasteiger partial charge in [0.2, 0.25) is 5.91 Å². The zero-order valence-corrected chi connectivity index (χ0v) is 12.4. The van der Waals surface area contributed by atoms with E-state index in [0.717, 1.165) is 10.7 Å². The molecule has 6 heteroatoms. The molecular weight excluding hydrogens is 286 g/mol. The highest BCUT2D eigenvalue weighted by molar-refractivity contribution is 7.09. The average Bonchev–Trinajstić information content (AvgIpc) is 3.01. The molecular formula is C15H15N3O2S. The summed E-state index contributed by atoms with van der Waals surface area (Å²) in [6.45, 7) is 2.44. The summed E-state index contributed by atoms with van der Waals surface area (Å²) in [7, 11) is 0. The smallest absolute Gasteiger partial charge is 0.251 e. The monoisotopic (exact) mass is 301 g/mol. The number of aromatic nitrogens is 1. The fourth-order valence-corrected chi connectivity index (χ4v) is 3.06. The van der Waals surface area contributed by atoms with Crippen molar-refractivity contribution in [2.24, 2.45) is 0 Å². The number of benzene rings is 1. The van der Waals surface area contributed by atoms with Gasteiger partial charge in [-0.05, 0) is 19.1 Å². The van der Waals surface area contributed by atoms with Crippen LogP contribution in [0.25, 0.3) is 0 Å². The summed E-state index contributed by atoms with van der Waals surface area (Å²) in [6, 6.07) is 8.55. The van der Waals surface area contributed by atoms with Gasteiger partial charge in [-0.1, -0.05) is 18.2 Å². The van der Waals surface area contributed by atoms with Crippen LogP contribution in [-0.2, 0) is 16.1 Å². The summed E-state index contributed by atoms with van der Waals surface area (Å²) in [5.74, 6) is -0.363. The van der Waals surface area contributed by atoms with E-state index in [-0.39, 0.29) is 18.2 Å². The first kappa shape index (κ1) is 13.9. The lowest BCUT2D eigenvalue weighted by molar-refractivity contribution is -0.121. The van der Waals surface area contributed by atoms with Gasteiger partial charge in [0.05, 0.1) is 18.2 Å². The molecule has 1 aromatic carbocycles. The number of aryl methyl sites for hydroxylation is 1. The van der Waals surface area contributed by atoms with Crippen LogP contribution in [0.1, 0.15) is 17.1 Å². The SMILES string of the molecule is Cc1csc(CNC2CC(=O)N(c3ccccc3)C2=O)n1. The van der Waals surface area contributed by atoms with E-state index in [4.69, 9.17) is 0 Å². The average molecular weight is 301 g/mol. The van der Waals surface area contributed by atoms with Gasteiger partial charge in [0, 0.05) is 17.6 Å². The largest absolute Gasteiger partial charge is 0.299 e. The van der Waals surface area contributed by atoms with Gasteiger partial charge in [0.1, 0.15) is 5.01 Å². The Morgan fingerprint density at radius 1 is 1.33 bits per heavy atom. The minimum absolute atomic E-state index is 0.168. The number of anilines is 1. The van der Waals surface area contributed by atoms with Crippen molar-refractivity contribution in [2.75, 3.05) is 4.90 Å². The van der Waals surface area contributed by atoms with E-state index < -0.39 is 6.04 Å². The van der Waals surface area contributed by atoms with Crippen LogP contribution in [0, 0.1) is 6.92 Å². The van der Waals surface area contributed by atoms with E-state index >= 15 is 0 Å². The van der Waals surface area contributed by atoms with E-state index in [9.17, 15) is 9.59 Å². The molecule has 1 N–H and O–H groups in total. The van der Waals surface area contributed by atoms with Crippen LogP contribution in [0.15, 0.2) is 35.7 Å². The maximum atomic E-state index is 12.4. The number of hydrogen-bond donors (Lipinski definition) is 1. The highest BCUT2D eigenvalue weighted by Gasteiger charge is 2.39. The Labute approximate surface area is 126 Å². The Bertz CT molecular complexity index is 669. The number of thiazole rings is 1. The van der Waals surface area contributed by atoms with E-state index in [1.54, 1.807) is 23.5 Å². The van der Waals surface area contributed by atoms with Crippen molar-refractivity contribution in [3.8, 4) is 0 Å². The van der Waals surface area contributed by atoms with E-state index in [1.165, 1.54) is 4.90 Å². The standard InChI is InChI=1S/C15H15N3O2S/c1-10-9-21-13(17-10)8-16-12-7-14(19)18(15(12)20)11-5-3-2-4-6-11/h2-6,9,12,16H,7-8H2,1H3. The van der Waals surface area contributed by atoms with Gasteiger partial charge in [-0.15, -0.1) is 11.3 Å². The second kappa shape index (κ2) is 5.75. The minimum Gasteiger partial charge on any atom is -0.299 e. The molecule has 3 rings (SSSR count). The van der Waals surface area contributed by atoms with Crippen LogP contribution in [-0.4, -0.2) is 22.8 Å².